The van der Waals surface area contributed by atoms with Gasteiger partial charge in [-0.1, -0.05) is 0 Å². The molecule has 0 aromatic heterocycles. The lowest BCUT2D eigenvalue weighted by Gasteiger charge is -2.13. The van der Waals surface area contributed by atoms with Crippen LogP contribution >= 0.6 is 23.5 Å². The van der Waals surface area contributed by atoms with E-state index in [1.165, 1.54) is 4.91 Å². The first-order valence-electron chi connectivity index (χ1n) is 3.19. The molecule has 56 valence electrons. The fraction of sp³-hybridized carbons (Fsp3) is 0.571. The van der Waals surface area contributed by atoms with Gasteiger partial charge in [-0.25, -0.2) is 0 Å². The Bertz CT molecular complexity index is 184. The quantitative estimate of drug-likeness (QED) is 0.607. The van der Waals surface area contributed by atoms with Gasteiger partial charge in [-0.05, 0) is 18.8 Å². The topological polar surface area (TPSA) is 17.1 Å². The first-order valence-corrected chi connectivity index (χ1v) is 5.16. The van der Waals surface area contributed by atoms with Gasteiger partial charge in [0, 0.05) is 11.5 Å². The van der Waals surface area contributed by atoms with E-state index in [1.807, 2.05) is 6.92 Å². The van der Waals surface area contributed by atoms with Crippen LogP contribution in [-0.4, -0.2) is 17.3 Å². The summed E-state index contributed by atoms with van der Waals surface area (Å²) in [5.74, 6) is 2.44. The van der Waals surface area contributed by atoms with Crippen LogP contribution in [0.3, 0.4) is 0 Å². The molecule has 0 fully saturated rings. The molecule has 0 unspecified atom stereocenters. The molecule has 1 heterocycles. The zero-order chi connectivity index (χ0) is 7.56. The van der Waals surface area contributed by atoms with Crippen LogP contribution in [0.1, 0.15) is 13.8 Å². The Morgan fingerprint density at radius 2 is 2.00 bits per heavy atom. The maximum absolute atomic E-state index is 10.9. The van der Waals surface area contributed by atoms with Crippen molar-refractivity contribution in [3.05, 3.63) is 9.81 Å². The number of ketones is 1. The van der Waals surface area contributed by atoms with Gasteiger partial charge in [-0.2, -0.15) is 0 Å². The summed E-state index contributed by atoms with van der Waals surface area (Å²) in [5.41, 5.74) is 0. The molecule has 1 aliphatic rings. The van der Waals surface area contributed by atoms with Gasteiger partial charge >= 0.3 is 0 Å². The predicted molar refractivity (Wildman–Crippen MR) is 48.3 cm³/mol. The Kier molecular flexibility index (Phi) is 2.86. The van der Waals surface area contributed by atoms with Gasteiger partial charge in [0.05, 0.1) is 4.91 Å². The second-order valence-corrected chi connectivity index (χ2v) is 4.55. The lowest BCUT2D eigenvalue weighted by Crippen LogP contribution is -2.02. The molecule has 10 heavy (non-hydrogen) atoms. The van der Waals surface area contributed by atoms with Crippen LogP contribution in [0.5, 0.6) is 0 Å². The summed E-state index contributed by atoms with van der Waals surface area (Å²) in [6, 6.07) is 0. The Morgan fingerprint density at radius 3 is 2.40 bits per heavy atom. The molecular formula is C7H10OS2. The zero-order valence-corrected chi connectivity index (χ0v) is 7.77. The molecule has 1 nitrogen and oxygen atoms in total. The number of thioether (sulfide) groups is 2. The van der Waals surface area contributed by atoms with Gasteiger partial charge in [-0.15, -0.1) is 23.5 Å². The van der Waals surface area contributed by atoms with Crippen molar-refractivity contribution in [2.24, 2.45) is 0 Å². The van der Waals surface area contributed by atoms with Crippen molar-refractivity contribution in [1.82, 2.24) is 0 Å². The first-order chi connectivity index (χ1) is 4.72. The van der Waals surface area contributed by atoms with E-state index in [2.05, 4.69) is 0 Å². The van der Waals surface area contributed by atoms with Gasteiger partial charge in [0.1, 0.15) is 0 Å². The molecule has 3 heteroatoms. The second-order valence-electron chi connectivity index (χ2n) is 2.14. The van der Waals surface area contributed by atoms with E-state index in [1.54, 1.807) is 30.4 Å². The van der Waals surface area contributed by atoms with Crippen molar-refractivity contribution in [3.63, 3.8) is 0 Å². The van der Waals surface area contributed by atoms with Crippen LogP contribution in [0.15, 0.2) is 9.81 Å². The van der Waals surface area contributed by atoms with E-state index in [-0.39, 0.29) is 5.78 Å². The largest absolute Gasteiger partial charge is 0.294 e. The van der Waals surface area contributed by atoms with Gasteiger partial charge in [0.15, 0.2) is 5.78 Å². The third kappa shape index (κ3) is 1.80. The van der Waals surface area contributed by atoms with Crippen molar-refractivity contribution < 1.29 is 4.79 Å². The molecule has 0 amide bonds. The Hall–Kier alpha value is 0.110. The normalized spacial score (nSPS) is 19.4. The van der Waals surface area contributed by atoms with E-state index in [0.29, 0.717) is 0 Å². The van der Waals surface area contributed by atoms with Crippen molar-refractivity contribution in [3.8, 4) is 0 Å². The van der Waals surface area contributed by atoms with Crippen LogP contribution in [0, 0.1) is 0 Å². The van der Waals surface area contributed by atoms with Crippen LogP contribution in [0.2, 0.25) is 0 Å². The van der Waals surface area contributed by atoms with E-state index < -0.39 is 0 Å². The van der Waals surface area contributed by atoms with Crippen molar-refractivity contribution in [2.45, 2.75) is 13.8 Å². The number of Topliss-reactive ketones (excluding diaryl/α,β-unsaturated/α-hetero) is 1. The number of carbonyl (C=O) groups is 1. The summed E-state index contributed by atoms with van der Waals surface area (Å²) in [6.07, 6.45) is 0. The molecule has 0 saturated heterocycles. The fourth-order valence-electron chi connectivity index (χ4n) is 0.855. The summed E-state index contributed by atoms with van der Waals surface area (Å²) in [4.78, 5) is 13.1. The van der Waals surface area contributed by atoms with E-state index >= 15 is 0 Å². The molecule has 0 N–H and O–H groups in total. The Labute approximate surface area is 69.6 Å². The lowest BCUT2D eigenvalue weighted by atomic mass is 10.4. The fourth-order valence-corrected chi connectivity index (χ4v) is 3.07. The minimum Gasteiger partial charge on any atom is -0.294 e. The third-order valence-electron chi connectivity index (χ3n) is 1.29. The molecule has 0 spiro atoms. The Morgan fingerprint density at radius 1 is 1.40 bits per heavy atom. The van der Waals surface area contributed by atoms with Crippen molar-refractivity contribution in [2.75, 3.05) is 11.5 Å². The SMILES string of the molecule is CC(=O)C1=C(C)SCCS1. The summed E-state index contributed by atoms with van der Waals surface area (Å²) in [6.45, 7) is 3.66. The second kappa shape index (κ2) is 3.49. The third-order valence-corrected chi connectivity index (χ3v) is 4.01. The van der Waals surface area contributed by atoms with Gasteiger partial charge < -0.3 is 0 Å². The highest BCUT2D eigenvalue weighted by atomic mass is 32.2. The molecule has 1 aliphatic heterocycles. The van der Waals surface area contributed by atoms with E-state index in [0.717, 1.165) is 16.4 Å². The standard InChI is InChI=1S/C7H10OS2/c1-5(8)7-6(2)9-3-4-10-7/h3-4H2,1-2H3. The predicted octanol–water partition coefficient (Wildman–Crippen LogP) is 2.29. The maximum atomic E-state index is 10.9. The smallest absolute Gasteiger partial charge is 0.166 e. The average Bonchev–Trinajstić information content (AvgIpc) is 1.88. The number of hydrogen-bond acceptors (Lipinski definition) is 3. The molecule has 0 aromatic carbocycles. The highest BCUT2D eigenvalue weighted by Gasteiger charge is 2.13. The summed E-state index contributed by atoms with van der Waals surface area (Å²) < 4.78 is 0. The summed E-state index contributed by atoms with van der Waals surface area (Å²) >= 11 is 3.48. The molecular weight excluding hydrogens is 164 g/mol. The van der Waals surface area contributed by atoms with Crippen LogP contribution in [0.4, 0.5) is 0 Å². The number of hydrogen-bond donors (Lipinski definition) is 0. The summed E-state index contributed by atoms with van der Waals surface area (Å²) in [5, 5.41) is 0. The minimum atomic E-state index is 0.217. The molecule has 0 saturated carbocycles. The molecule has 1 rings (SSSR count). The monoisotopic (exact) mass is 174 g/mol. The zero-order valence-electron chi connectivity index (χ0n) is 6.14. The molecule has 0 atom stereocenters. The van der Waals surface area contributed by atoms with E-state index in [9.17, 15) is 4.79 Å². The molecule has 0 radical (unpaired) electrons. The van der Waals surface area contributed by atoms with Crippen LogP contribution in [-0.2, 0) is 4.79 Å². The van der Waals surface area contributed by atoms with Crippen molar-refractivity contribution >= 4 is 29.3 Å². The highest BCUT2D eigenvalue weighted by Crippen LogP contribution is 2.33. The van der Waals surface area contributed by atoms with Gasteiger partial charge in [0.25, 0.3) is 0 Å². The average molecular weight is 174 g/mol. The lowest BCUT2D eigenvalue weighted by molar-refractivity contribution is -0.112. The van der Waals surface area contributed by atoms with Gasteiger partial charge in [-0.3, -0.25) is 4.79 Å². The van der Waals surface area contributed by atoms with Crippen LogP contribution in [0.25, 0.3) is 0 Å². The van der Waals surface area contributed by atoms with Crippen molar-refractivity contribution in [1.29, 1.82) is 0 Å². The first kappa shape index (κ1) is 8.21. The maximum Gasteiger partial charge on any atom is 0.166 e. The van der Waals surface area contributed by atoms with Gasteiger partial charge in [0.2, 0.25) is 0 Å². The highest BCUT2D eigenvalue weighted by molar-refractivity contribution is 8.10. The van der Waals surface area contributed by atoms with Crippen LogP contribution < -0.4 is 0 Å². The molecule has 0 bridgehead atoms. The van der Waals surface area contributed by atoms with E-state index in [4.69, 9.17) is 0 Å². The summed E-state index contributed by atoms with van der Waals surface area (Å²) in [7, 11) is 0. The molecule has 0 aliphatic carbocycles. The number of allylic oxidation sites excluding steroid dienone is 2. The number of carbonyl (C=O) groups excluding carboxylic acids is 1. The minimum absolute atomic E-state index is 0.217. The molecule has 0 aromatic rings. The number of rotatable bonds is 1. The Balaban J connectivity index is 2.78.